The van der Waals surface area contributed by atoms with E-state index in [1.165, 1.54) is 0 Å². The Bertz CT molecular complexity index is 535. The molecule has 90 valence electrons. The summed E-state index contributed by atoms with van der Waals surface area (Å²) in [7, 11) is 0. The first-order valence-corrected chi connectivity index (χ1v) is 6.45. The van der Waals surface area contributed by atoms with Gasteiger partial charge in [0.1, 0.15) is 5.15 Å². The van der Waals surface area contributed by atoms with E-state index in [1.807, 2.05) is 6.07 Å². The summed E-state index contributed by atoms with van der Waals surface area (Å²) >= 11 is 18.1. The minimum absolute atomic E-state index is 0.533. The van der Waals surface area contributed by atoms with Crippen LogP contribution in [-0.2, 0) is 6.42 Å². The molecule has 0 fully saturated rings. The summed E-state index contributed by atoms with van der Waals surface area (Å²) in [6, 6.07) is 7.10. The number of nitrogens with zero attached hydrogens (tertiary/aromatic N) is 2. The molecule has 0 unspecified atom stereocenters. The summed E-state index contributed by atoms with van der Waals surface area (Å²) in [5.41, 5.74) is 1.70. The molecule has 2 aromatic rings. The van der Waals surface area contributed by atoms with Gasteiger partial charge in [-0.3, -0.25) is 0 Å². The van der Waals surface area contributed by atoms with Crippen molar-refractivity contribution in [2.75, 3.05) is 0 Å². The lowest BCUT2D eigenvalue weighted by atomic mass is 10.3. The Balaban J connectivity index is 2.45. The minimum atomic E-state index is 0.533. The number of halogens is 3. The van der Waals surface area contributed by atoms with Crippen LogP contribution < -0.4 is 0 Å². The summed E-state index contributed by atoms with van der Waals surface area (Å²) < 4.78 is 1.63. The second-order valence-corrected chi connectivity index (χ2v) is 4.95. The zero-order valence-electron chi connectivity index (χ0n) is 9.25. The van der Waals surface area contributed by atoms with E-state index in [4.69, 9.17) is 34.8 Å². The Morgan fingerprint density at radius 2 is 1.94 bits per heavy atom. The average Bonchev–Trinajstić information content (AvgIpc) is 2.60. The molecule has 0 amide bonds. The molecule has 0 aliphatic heterocycles. The third-order valence-electron chi connectivity index (χ3n) is 2.36. The average molecular weight is 290 g/mol. The molecule has 1 heterocycles. The monoisotopic (exact) mass is 288 g/mol. The highest BCUT2D eigenvalue weighted by atomic mass is 35.5. The Hall–Kier alpha value is -0.700. The van der Waals surface area contributed by atoms with Gasteiger partial charge in [0, 0.05) is 5.02 Å². The van der Waals surface area contributed by atoms with Gasteiger partial charge in [0.05, 0.1) is 16.4 Å². The van der Waals surface area contributed by atoms with Gasteiger partial charge in [-0.2, -0.15) is 5.10 Å². The van der Waals surface area contributed by atoms with E-state index < -0.39 is 0 Å². The smallest absolute Gasteiger partial charge is 0.133 e. The third kappa shape index (κ3) is 2.76. The maximum Gasteiger partial charge on any atom is 0.133 e. The van der Waals surface area contributed by atoms with Gasteiger partial charge in [-0.1, -0.05) is 48.1 Å². The quantitative estimate of drug-likeness (QED) is 0.794. The van der Waals surface area contributed by atoms with Crippen LogP contribution in [0.1, 0.15) is 19.0 Å². The predicted octanol–water partition coefficient (Wildman–Crippen LogP) is 4.79. The van der Waals surface area contributed by atoms with Gasteiger partial charge in [0.2, 0.25) is 0 Å². The molecular formula is C12H11Cl3N2. The number of hydrogen-bond donors (Lipinski definition) is 0. The fourth-order valence-electron chi connectivity index (χ4n) is 1.60. The van der Waals surface area contributed by atoms with Crippen molar-refractivity contribution in [3.05, 3.63) is 45.2 Å². The van der Waals surface area contributed by atoms with Crippen molar-refractivity contribution >= 4 is 34.8 Å². The fourth-order valence-corrected chi connectivity index (χ4v) is 2.35. The predicted molar refractivity (Wildman–Crippen MR) is 72.6 cm³/mol. The molecule has 1 aromatic carbocycles. The lowest BCUT2D eigenvalue weighted by Crippen LogP contribution is -1.98. The topological polar surface area (TPSA) is 17.8 Å². The fraction of sp³-hybridized carbons (Fsp3) is 0.250. The summed E-state index contributed by atoms with van der Waals surface area (Å²) in [4.78, 5) is 0. The van der Waals surface area contributed by atoms with Crippen molar-refractivity contribution in [2.24, 2.45) is 0 Å². The molecule has 0 spiro atoms. The number of rotatable bonds is 3. The van der Waals surface area contributed by atoms with Crippen LogP contribution in [0.2, 0.25) is 15.2 Å². The summed E-state index contributed by atoms with van der Waals surface area (Å²) in [6.07, 6.45) is 1.93. The zero-order chi connectivity index (χ0) is 12.4. The Morgan fingerprint density at radius 1 is 1.18 bits per heavy atom. The molecule has 17 heavy (non-hydrogen) atoms. The Kier molecular flexibility index (Phi) is 3.97. The molecule has 2 nitrogen and oxygen atoms in total. The van der Waals surface area contributed by atoms with Gasteiger partial charge in [0.25, 0.3) is 0 Å². The maximum atomic E-state index is 6.14. The molecule has 5 heteroatoms. The third-order valence-corrected chi connectivity index (χ3v) is 3.17. The van der Waals surface area contributed by atoms with Crippen LogP contribution in [0.5, 0.6) is 0 Å². The Morgan fingerprint density at radius 3 is 2.59 bits per heavy atom. The van der Waals surface area contributed by atoms with Gasteiger partial charge in [0.15, 0.2) is 0 Å². The van der Waals surface area contributed by atoms with E-state index in [-0.39, 0.29) is 0 Å². The maximum absolute atomic E-state index is 6.14. The van der Waals surface area contributed by atoms with E-state index in [2.05, 4.69) is 12.0 Å². The first-order valence-electron chi connectivity index (χ1n) is 5.31. The first-order chi connectivity index (χ1) is 8.11. The van der Waals surface area contributed by atoms with E-state index in [0.717, 1.165) is 24.2 Å². The molecular weight excluding hydrogens is 279 g/mol. The molecule has 0 atom stereocenters. The summed E-state index contributed by atoms with van der Waals surface area (Å²) in [6.45, 7) is 2.10. The van der Waals surface area contributed by atoms with Gasteiger partial charge in [-0.25, -0.2) is 4.68 Å². The molecule has 2 rings (SSSR count). The first kappa shape index (κ1) is 12.7. The number of hydrogen-bond acceptors (Lipinski definition) is 1. The van der Waals surface area contributed by atoms with E-state index in [9.17, 15) is 0 Å². The van der Waals surface area contributed by atoms with Crippen molar-refractivity contribution in [1.82, 2.24) is 9.78 Å². The van der Waals surface area contributed by atoms with Gasteiger partial charge in [-0.05, 0) is 30.7 Å². The molecule has 1 aromatic heterocycles. The zero-order valence-corrected chi connectivity index (χ0v) is 11.5. The highest BCUT2D eigenvalue weighted by molar-refractivity contribution is 6.36. The van der Waals surface area contributed by atoms with Crippen LogP contribution in [0.3, 0.4) is 0 Å². The highest BCUT2D eigenvalue weighted by Gasteiger charge is 2.10. The molecule has 0 bridgehead atoms. The van der Waals surface area contributed by atoms with Crippen LogP contribution in [0.4, 0.5) is 0 Å². The molecule has 0 aliphatic carbocycles. The second-order valence-electron chi connectivity index (χ2n) is 3.72. The van der Waals surface area contributed by atoms with Crippen LogP contribution in [0, 0.1) is 0 Å². The van der Waals surface area contributed by atoms with Crippen molar-refractivity contribution in [2.45, 2.75) is 19.8 Å². The standard InChI is InChI=1S/C12H11Cl3N2/c1-2-3-9-7-12(15)17(16-9)11-5-4-8(13)6-10(11)14/h4-7H,2-3H2,1H3. The SMILES string of the molecule is CCCc1cc(Cl)n(-c2ccc(Cl)cc2Cl)n1. The second kappa shape index (κ2) is 5.30. The van der Waals surface area contributed by atoms with Crippen LogP contribution in [0.15, 0.2) is 24.3 Å². The van der Waals surface area contributed by atoms with Gasteiger partial charge < -0.3 is 0 Å². The largest absolute Gasteiger partial charge is 0.220 e. The van der Waals surface area contributed by atoms with E-state index >= 15 is 0 Å². The van der Waals surface area contributed by atoms with Crippen LogP contribution in [0.25, 0.3) is 5.69 Å². The van der Waals surface area contributed by atoms with E-state index in [0.29, 0.717) is 15.2 Å². The Labute approximate surface area is 115 Å². The number of aryl methyl sites for hydroxylation is 1. The van der Waals surface area contributed by atoms with Crippen molar-refractivity contribution in [1.29, 1.82) is 0 Å². The van der Waals surface area contributed by atoms with Crippen LogP contribution in [-0.4, -0.2) is 9.78 Å². The highest BCUT2D eigenvalue weighted by Crippen LogP contribution is 2.27. The molecule has 0 radical (unpaired) electrons. The summed E-state index contributed by atoms with van der Waals surface area (Å²) in [5.74, 6) is 0. The summed E-state index contributed by atoms with van der Waals surface area (Å²) in [5, 5.41) is 6.10. The molecule has 0 saturated carbocycles. The molecule has 0 N–H and O–H groups in total. The number of benzene rings is 1. The van der Waals surface area contributed by atoms with Gasteiger partial charge in [-0.15, -0.1) is 0 Å². The van der Waals surface area contributed by atoms with Crippen molar-refractivity contribution in [3.8, 4) is 5.69 Å². The normalized spacial score (nSPS) is 10.8. The van der Waals surface area contributed by atoms with Crippen molar-refractivity contribution < 1.29 is 0 Å². The lowest BCUT2D eigenvalue weighted by Gasteiger charge is -2.05. The number of aromatic nitrogens is 2. The van der Waals surface area contributed by atoms with Gasteiger partial charge >= 0.3 is 0 Å². The molecule has 0 aliphatic rings. The minimum Gasteiger partial charge on any atom is -0.220 e. The van der Waals surface area contributed by atoms with Crippen molar-refractivity contribution in [3.63, 3.8) is 0 Å². The molecule has 0 saturated heterocycles. The van der Waals surface area contributed by atoms with E-state index in [1.54, 1.807) is 22.9 Å². The lowest BCUT2D eigenvalue weighted by molar-refractivity contribution is 0.807. The van der Waals surface area contributed by atoms with Crippen LogP contribution >= 0.6 is 34.8 Å².